The summed E-state index contributed by atoms with van der Waals surface area (Å²) in [5.41, 5.74) is -2.13. The number of carboxylic acids is 2. The topological polar surface area (TPSA) is 154 Å². The average Bonchev–Trinajstić information content (AvgIpc) is 2.97. The Kier molecular flexibility index (Phi) is 7.97. The van der Waals surface area contributed by atoms with Crippen LogP contribution in [0.4, 0.5) is 0 Å². The lowest BCUT2D eigenvalue weighted by atomic mass is 9.33. The van der Waals surface area contributed by atoms with Crippen molar-refractivity contribution < 1.29 is 44.6 Å². The molecule has 4 saturated carbocycles. The lowest BCUT2D eigenvalue weighted by Gasteiger charge is -2.70. The van der Waals surface area contributed by atoms with Crippen LogP contribution < -0.4 is 0 Å². The molecule has 254 valence electrons. The highest BCUT2D eigenvalue weighted by Gasteiger charge is 2.73. The van der Waals surface area contributed by atoms with Crippen LogP contribution in [-0.4, -0.2) is 74.3 Å². The lowest BCUT2D eigenvalue weighted by Crippen LogP contribution is -2.68. The van der Waals surface area contributed by atoms with Gasteiger partial charge in [-0.1, -0.05) is 53.2 Å². The maximum absolute atomic E-state index is 13.8. The molecule has 6 aliphatic rings. The van der Waals surface area contributed by atoms with Crippen LogP contribution in [0.2, 0.25) is 0 Å². The van der Waals surface area contributed by atoms with E-state index in [1.165, 1.54) is 0 Å². The summed E-state index contributed by atoms with van der Waals surface area (Å²) in [6, 6.07) is 0. The SMILES string of the molecule is C[C@H]1[C@H](C)CC[C@]2(C(=O)O)CC[C@]3(C(=O)O)C(=CC[C@@H]4[C@@]5(C)CC[C@H](O[C@H]6O[C@@H](C)[C@H](O)[C@@H](O)[C@@H]6O)C(C)(C)[C@@H]5CC[C@]43C)[C@H]12. The second-order valence-corrected chi connectivity index (χ2v) is 17.2. The second kappa shape index (κ2) is 10.7. The van der Waals surface area contributed by atoms with Gasteiger partial charge in [0.15, 0.2) is 6.29 Å². The fourth-order valence-electron chi connectivity index (χ4n) is 12.5. The molecule has 5 N–H and O–H groups in total. The van der Waals surface area contributed by atoms with E-state index in [-0.39, 0.29) is 40.6 Å². The zero-order chi connectivity index (χ0) is 33.1. The third-order valence-electron chi connectivity index (χ3n) is 15.3. The third kappa shape index (κ3) is 4.28. The molecule has 0 aromatic carbocycles. The molecule has 6 rings (SSSR count). The number of allylic oxidation sites excluding steroid dienone is 1. The van der Waals surface area contributed by atoms with Crippen LogP contribution in [0, 0.1) is 56.7 Å². The summed E-state index contributed by atoms with van der Waals surface area (Å²) in [7, 11) is 0. The highest BCUT2D eigenvalue weighted by atomic mass is 16.7. The number of hydrogen-bond donors (Lipinski definition) is 5. The quantitative estimate of drug-likeness (QED) is 0.213. The van der Waals surface area contributed by atoms with E-state index in [4.69, 9.17) is 9.47 Å². The highest BCUT2D eigenvalue weighted by molar-refractivity contribution is 5.84. The molecule has 0 aromatic heterocycles. The van der Waals surface area contributed by atoms with Crippen LogP contribution in [0.5, 0.6) is 0 Å². The molecule has 0 aromatic rings. The Hall–Kier alpha value is -1.52. The molecule has 9 nitrogen and oxygen atoms in total. The first-order chi connectivity index (χ1) is 20.9. The van der Waals surface area contributed by atoms with E-state index in [0.717, 1.165) is 37.7 Å². The third-order valence-corrected chi connectivity index (χ3v) is 15.3. The normalized spacial score (nSPS) is 54.0. The molecule has 0 spiro atoms. The van der Waals surface area contributed by atoms with Crippen molar-refractivity contribution in [3.05, 3.63) is 11.6 Å². The Morgan fingerprint density at radius 2 is 1.51 bits per heavy atom. The summed E-state index contributed by atoms with van der Waals surface area (Å²) >= 11 is 0. The minimum absolute atomic E-state index is 0.0958. The molecule has 45 heavy (non-hydrogen) atoms. The summed E-state index contributed by atoms with van der Waals surface area (Å²) in [6.07, 6.45) is 2.36. The molecule has 15 atom stereocenters. The molecule has 5 fully saturated rings. The predicted octanol–water partition coefficient (Wildman–Crippen LogP) is 5.01. The highest BCUT2D eigenvalue weighted by Crippen LogP contribution is 2.76. The summed E-state index contributed by atoms with van der Waals surface area (Å²) in [5.74, 6) is -1.08. The van der Waals surface area contributed by atoms with Crippen molar-refractivity contribution in [1.82, 2.24) is 0 Å². The molecule has 0 radical (unpaired) electrons. The van der Waals surface area contributed by atoms with Crippen LogP contribution in [0.15, 0.2) is 11.6 Å². The number of fused-ring (bicyclic) bond motifs is 7. The van der Waals surface area contributed by atoms with Crippen molar-refractivity contribution in [2.75, 3.05) is 0 Å². The van der Waals surface area contributed by atoms with Gasteiger partial charge in [0.25, 0.3) is 0 Å². The lowest BCUT2D eigenvalue weighted by molar-refractivity contribution is -0.324. The van der Waals surface area contributed by atoms with Gasteiger partial charge in [0.05, 0.1) is 23.0 Å². The van der Waals surface area contributed by atoms with Crippen LogP contribution in [0.25, 0.3) is 0 Å². The van der Waals surface area contributed by atoms with E-state index in [0.29, 0.717) is 31.6 Å². The van der Waals surface area contributed by atoms with Gasteiger partial charge in [-0.2, -0.15) is 0 Å². The Morgan fingerprint density at radius 3 is 2.16 bits per heavy atom. The maximum Gasteiger partial charge on any atom is 0.314 e. The monoisotopic (exact) mass is 632 g/mol. The standard InChI is InChI=1S/C36H56O9/c1-18-10-15-35(30(40)41)16-17-36(31(42)43)21(25(35)19(18)2)8-9-23-33(6)13-12-24(32(4,5)22(33)11-14-34(23,36)7)45-29-28(39)27(38)26(37)20(3)44-29/h8,18-20,22-29,37-39H,9-17H2,1-7H3,(H,40,41)(H,42,43)/t18-,19+,20+,22+,23-,24+,25+,26+,27-,28+,29-,33+,34-,35+,36-/m1/s1. The van der Waals surface area contributed by atoms with Crippen molar-refractivity contribution in [3.8, 4) is 0 Å². The smallest absolute Gasteiger partial charge is 0.314 e. The van der Waals surface area contributed by atoms with Crippen LogP contribution in [0.3, 0.4) is 0 Å². The largest absolute Gasteiger partial charge is 0.481 e. The van der Waals surface area contributed by atoms with Gasteiger partial charge in [-0.25, -0.2) is 0 Å². The van der Waals surface area contributed by atoms with E-state index in [9.17, 15) is 35.1 Å². The van der Waals surface area contributed by atoms with Crippen molar-refractivity contribution in [3.63, 3.8) is 0 Å². The molecule has 0 amide bonds. The number of carboxylic acid groups (broad SMARTS) is 2. The number of rotatable bonds is 4. The summed E-state index contributed by atoms with van der Waals surface area (Å²) in [4.78, 5) is 26.8. The van der Waals surface area contributed by atoms with Crippen LogP contribution >= 0.6 is 0 Å². The number of aliphatic hydroxyl groups is 3. The van der Waals surface area contributed by atoms with Gasteiger partial charge in [-0.05, 0) is 111 Å². The number of ether oxygens (including phenoxy) is 2. The first kappa shape index (κ1) is 33.4. The predicted molar refractivity (Wildman–Crippen MR) is 166 cm³/mol. The first-order valence-electron chi connectivity index (χ1n) is 17.4. The fraction of sp³-hybridized carbons (Fsp3) is 0.889. The van der Waals surface area contributed by atoms with Crippen molar-refractivity contribution in [1.29, 1.82) is 0 Å². The van der Waals surface area contributed by atoms with Crippen molar-refractivity contribution in [2.24, 2.45) is 56.7 Å². The van der Waals surface area contributed by atoms with Crippen LogP contribution in [0.1, 0.15) is 106 Å². The molecule has 0 bridgehead atoms. The summed E-state index contributed by atoms with van der Waals surface area (Å²) in [5, 5.41) is 53.2. The van der Waals surface area contributed by atoms with Gasteiger partial charge in [0.2, 0.25) is 0 Å². The summed E-state index contributed by atoms with van der Waals surface area (Å²) in [6.45, 7) is 15.0. The summed E-state index contributed by atoms with van der Waals surface area (Å²) < 4.78 is 12.3. The minimum Gasteiger partial charge on any atom is -0.481 e. The molecule has 1 heterocycles. The van der Waals surface area contributed by atoms with E-state index >= 15 is 0 Å². The van der Waals surface area contributed by atoms with Crippen molar-refractivity contribution >= 4 is 11.9 Å². The molecular weight excluding hydrogens is 576 g/mol. The Bertz CT molecular complexity index is 1250. The van der Waals surface area contributed by atoms with Gasteiger partial charge in [0.1, 0.15) is 18.3 Å². The molecule has 9 heteroatoms. The van der Waals surface area contributed by atoms with E-state index in [1.54, 1.807) is 6.92 Å². The Labute approximate surface area is 267 Å². The minimum atomic E-state index is -1.36. The maximum atomic E-state index is 13.8. The van der Waals surface area contributed by atoms with E-state index in [1.807, 2.05) is 0 Å². The molecule has 1 saturated heterocycles. The molecule has 0 unspecified atom stereocenters. The van der Waals surface area contributed by atoms with Gasteiger partial charge in [-0.15, -0.1) is 0 Å². The van der Waals surface area contributed by atoms with Crippen molar-refractivity contribution in [2.45, 2.75) is 143 Å². The average molecular weight is 633 g/mol. The van der Waals surface area contributed by atoms with Gasteiger partial charge < -0.3 is 35.0 Å². The number of aliphatic carboxylic acids is 2. The fourth-order valence-corrected chi connectivity index (χ4v) is 12.5. The number of hydrogen-bond acceptors (Lipinski definition) is 7. The second-order valence-electron chi connectivity index (χ2n) is 17.2. The zero-order valence-electron chi connectivity index (χ0n) is 28.2. The van der Waals surface area contributed by atoms with Gasteiger partial charge in [-0.3, -0.25) is 9.59 Å². The van der Waals surface area contributed by atoms with E-state index < -0.39 is 58.9 Å². The van der Waals surface area contributed by atoms with Gasteiger partial charge in [0, 0.05) is 0 Å². The Morgan fingerprint density at radius 1 is 0.822 bits per heavy atom. The first-order valence-corrected chi connectivity index (χ1v) is 17.4. The molecular formula is C36H56O9. The molecule has 5 aliphatic carbocycles. The number of carbonyl (C=O) groups is 2. The van der Waals surface area contributed by atoms with Gasteiger partial charge >= 0.3 is 11.9 Å². The van der Waals surface area contributed by atoms with E-state index in [2.05, 4.69) is 47.6 Å². The molecule has 1 aliphatic heterocycles. The number of aliphatic hydroxyl groups excluding tert-OH is 3. The Balaban J connectivity index is 1.35. The zero-order valence-corrected chi connectivity index (χ0v) is 28.2. The van der Waals surface area contributed by atoms with Crippen LogP contribution in [-0.2, 0) is 19.1 Å².